The number of hydrogen-bond donors (Lipinski definition) is 1. The summed E-state index contributed by atoms with van der Waals surface area (Å²) < 4.78 is 54.1. The Morgan fingerprint density at radius 1 is 1.15 bits per heavy atom. The summed E-state index contributed by atoms with van der Waals surface area (Å²) in [6.45, 7) is -1.16. The van der Waals surface area contributed by atoms with Gasteiger partial charge in [0, 0.05) is 19.8 Å². The van der Waals surface area contributed by atoms with Gasteiger partial charge >= 0.3 is 6.61 Å². The van der Waals surface area contributed by atoms with E-state index in [4.69, 9.17) is 0 Å². The van der Waals surface area contributed by atoms with E-state index in [0.29, 0.717) is 16.8 Å². The molecule has 0 unspecified atom stereocenters. The molecule has 2 rings (SSSR count). The van der Waals surface area contributed by atoms with E-state index in [2.05, 4.69) is 10.1 Å². The van der Waals surface area contributed by atoms with Crippen molar-refractivity contribution in [2.24, 2.45) is 0 Å². The fourth-order valence-electron chi connectivity index (χ4n) is 2.28. The number of anilines is 1. The van der Waals surface area contributed by atoms with Crippen LogP contribution in [0.2, 0.25) is 0 Å². The van der Waals surface area contributed by atoms with Crippen LogP contribution < -0.4 is 10.1 Å². The van der Waals surface area contributed by atoms with Gasteiger partial charge in [0.05, 0.1) is 11.3 Å². The number of rotatable bonds is 7. The maximum Gasteiger partial charge on any atom is 0.387 e. The normalized spacial score (nSPS) is 11.7. The van der Waals surface area contributed by atoms with Gasteiger partial charge in [-0.1, -0.05) is 18.2 Å². The van der Waals surface area contributed by atoms with Crippen molar-refractivity contribution in [1.82, 2.24) is 4.31 Å². The van der Waals surface area contributed by atoms with E-state index in [1.807, 2.05) is 0 Å². The molecule has 0 atom stereocenters. The summed E-state index contributed by atoms with van der Waals surface area (Å²) >= 11 is 0. The van der Waals surface area contributed by atoms with Crippen LogP contribution in [0.1, 0.15) is 11.1 Å². The second kappa shape index (κ2) is 8.45. The van der Waals surface area contributed by atoms with E-state index in [1.54, 1.807) is 13.0 Å². The molecule has 0 fully saturated rings. The molecule has 0 aliphatic rings. The zero-order chi connectivity index (χ0) is 20.2. The molecular weight excluding hydrogens is 378 g/mol. The highest BCUT2D eigenvalue weighted by atomic mass is 32.2. The van der Waals surface area contributed by atoms with Gasteiger partial charge in [0.15, 0.2) is 0 Å². The van der Waals surface area contributed by atoms with Crippen molar-refractivity contribution in [2.75, 3.05) is 19.4 Å². The smallest absolute Gasteiger partial charge is 0.387 e. The molecule has 6 nitrogen and oxygen atoms in total. The molecule has 0 aliphatic carbocycles. The quantitative estimate of drug-likeness (QED) is 0.778. The highest BCUT2D eigenvalue weighted by Gasteiger charge is 2.18. The lowest BCUT2D eigenvalue weighted by Gasteiger charge is -2.14. The van der Waals surface area contributed by atoms with Gasteiger partial charge in [0.2, 0.25) is 15.9 Å². The molecule has 0 heterocycles. The van der Waals surface area contributed by atoms with Gasteiger partial charge in [-0.2, -0.15) is 8.78 Å². The van der Waals surface area contributed by atoms with Crippen molar-refractivity contribution in [3.8, 4) is 5.75 Å². The third-order valence-corrected chi connectivity index (χ3v) is 5.59. The maximum atomic E-state index is 12.3. The van der Waals surface area contributed by atoms with Crippen LogP contribution in [-0.2, 0) is 21.2 Å². The van der Waals surface area contributed by atoms with Gasteiger partial charge in [0.1, 0.15) is 5.75 Å². The molecule has 27 heavy (non-hydrogen) atoms. The topological polar surface area (TPSA) is 75.7 Å². The number of ether oxygens (including phenoxy) is 1. The molecule has 146 valence electrons. The van der Waals surface area contributed by atoms with Crippen molar-refractivity contribution in [3.63, 3.8) is 0 Å². The highest BCUT2D eigenvalue weighted by molar-refractivity contribution is 7.89. The molecule has 1 N–H and O–H groups in total. The van der Waals surface area contributed by atoms with Gasteiger partial charge in [-0.15, -0.1) is 0 Å². The van der Waals surface area contributed by atoms with E-state index in [0.717, 1.165) is 4.31 Å². The van der Waals surface area contributed by atoms with Gasteiger partial charge in [0.25, 0.3) is 0 Å². The van der Waals surface area contributed by atoms with Crippen molar-refractivity contribution in [2.45, 2.75) is 24.9 Å². The largest absolute Gasteiger partial charge is 0.435 e. The summed E-state index contributed by atoms with van der Waals surface area (Å²) in [5.74, 6) is -0.355. The molecule has 0 bridgehead atoms. The number of halogens is 2. The summed E-state index contributed by atoms with van der Waals surface area (Å²) in [6, 6.07) is 10.2. The predicted octanol–water partition coefficient (Wildman–Crippen LogP) is 3.03. The molecule has 0 spiro atoms. The summed E-state index contributed by atoms with van der Waals surface area (Å²) in [5, 5.41) is 2.68. The fraction of sp³-hybridized carbons (Fsp3) is 0.278. The number of nitrogens with zero attached hydrogens (tertiary/aromatic N) is 1. The van der Waals surface area contributed by atoms with E-state index >= 15 is 0 Å². The molecule has 1 amide bonds. The number of nitrogens with one attached hydrogen (secondary N) is 1. The first-order valence-electron chi connectivity index (χ1n) is 7.96. The van der Waals surface area contributed by atoms with Crippen LogP contribution in [0, 0.1) is 6.92 Å². The molecular formula is C18H20F2N2O4S. The molecule has 0 aliphatic heterocycles. The molecule has 2 aromatic rings. The van der Waals surface area contributed by atoms with Crippen molar-refractivity contribution in [3.05, 3.63) is 53.6 Å². The lowest BCUT2D eigenvalue weighted by Crippen LogP contribution is -2.22. The van der Waals surface area contributed by atoms with Crippen LogP contribution in [0.25, 0.3) is 0 Å². The number of benzene rings is 2. The Bertz CT molecular complexity index is 913. The van der Waals surface area contributed by atoms with Crippen molar-refractivity contribution < 1.29 is 26.7 Å². The van der Waals surface area contributed by atoms with Crippen LogP contribution in [0.15, 0.2) is 47.4 Å². The van der Waals surface area contributed by atoms with Crippen molar-refractivity contribution in [1.29, 1.82) is 0 Å². The second-order valence-corrected chi connectivity index (χ2v) is 8.16. The SMILES string of the molecule is Cc1ccc(S(=O)(=O)N(C)C)cc1NC(=O)Cc1ccc(OC(F)F)cc1. The van der Waals surface area contributed by atoms with E-state index in [9.17, 15) is 22.0 Å². The van der Waals surface area contributed by atoms with Crippen molar-refractivity contribution >= 4 is 21.6 Å². The summed E-state index contributed by atoms with van der Waals surface area (Å²) in [4.78, 5) is 12.3. The average molecular weight is 398 g/mol. The Hall–Kier alpha value is -2.52. The van der Waals surface area contributed by atoms with Gasteiger partial charge < -0.3 is 10.1 Å². The van der Waals surface area contributed by atoms with Gasteiger partial charge in [-0.05, 0) is 42.3 Å². The summed E-state index contributed by atoms with van der Waals surface area (Å²) in [7, 11) is -0.768. The van der Waals surface area contributed by atoms with E-state index in [1.165, 1.54) is 50.5 Å². The minimum Gasteiger partial charge on any atom is -0.435 e. The summed E-state index contributed by atoms with van der Waals surface area (Å²) in [6.07, 6.45) is -0.000936. The number of amides is 1. The van der Waals surface area contributed by atoms with E-state index < -0.39 is 16.6 Å². The van der Waals surface area contributed by atoms with Crippen LogP contribution in [0.5, 0.6) is 5.75 Å². The highest BCUT2D eigenvalue weighted by Crippen LogP contribution is 2.22. The minimum absolute atomic E-state index is 0.000936. The molecule has 9 heteroatoms. The average Bonchev–Trinajstić information content (AvgIpc) is 2.57. The zero-order valence-electron chi connectivity index (χ0n) is 15.1. The van der Waals surface area contributed by atoms with Crippen LogP contribution in [0.4, 0.5) is 14.5 Å². The van der Waals surface area contributed by atoms with Gasteiger partial charge in [-0.25, -0.2) is 12.7 Å². The number of aryl methyl sites for hydroxylation is 1. The molecule has 0 aromatic heterocycles. The first-order valence-corrected chi connectivity index (χ1v) is 9.40. The Kier molecular flexibility index (Phi) is 6.50. The van der Waals surface area contributed by atoms with Crippen LogP contribution >= 0.6 is 0 Å². The number of carbonyl (C=O) groups excluding carboxylic acids is 1. The monoisotopic (exact) mass is 398 g/mol. The molecule has 0 saturated heterocycles. The Morgan fingerprint density at radius 2 is 1.78 bits per heavy atom. The molecule has 2 aromatic carbocycles. The first-order chi connectivity index (χ1) is 12.6. The number of carbonyl (C=O) groups is 1. The predicted molar refractivity (Wildman–Crippen MR) is 97.5 cm³/mol. The van der Waals surface area contributed by atoms with Gasteiger partial charge in [-0.3, -0.25) is 4.79 Å². The Morgan fingerprint density at radius 3 is 2.33 bits per heavy atom. The number of sulfonamides is 1. The lowest BCUT2D eigenvalue weighted by molar-refractivity contribution is -0.115. The second-order valence-electron chi connectivity index (χ2n) is 6.01. The minimum atomic E-state index is -3.62. The van der Waals surface area contributed by atoms with Crippen LogP contribution in [-0.4, -0.2) is 39.3 Å². The number of hydrogen-bond acceptors (Lipinski definition) is 4. The third-order valence-electron chi connectivity index (χ3n) is 3.77. The zero-order valence-corrected chi connectivity index (χ0v) is 15.9. The maximum absolute atomic E-state index is 12.3. The third kappa shape index (κ3) is 5.48. The summed E-state index contributed by atoms with van der Waals surface area (Å²) in [5.41, 5.74) is 1.70. The number of alkyl halides is 2. The lowest BCUT2D eigenvalue weighted by atomic mass is 10.1. The Balaban J connectivity index is 2.11. The Labute approximate surface area is 156 Å². The first kappa shape index (κ1) is 20.8. The molecule has 0 radical (unpaired) electrons. The fourth-order valence-corrected chi connectivity index (χ4v) is 3.20. The van der Waals surface area contributed by atoms with E-state index in [-0.39, 0.29) is 23.0 Å². The molecule has 0 saturated carbocycles. The standard InChI is InChI=1S/C18H20F2N2O4S/c1-12-4-9-15(27(24,25)22(2)3)11-16(12)21-17(23)10-13-5-7-14(8-6-13)26-18(19)20/h4-9,11,18H,10H2,1-3H3,(H,21,23). The van der Waals surface area contributed by atoms with Crippen LogP contribution in [0.3, 0.4) is 0 Å².